The van der Waals surface area contributed by atoms with Crippen LogP contribution in [0, 0.1) is 5.41 Å². The zero-order valence-electron chi connectivity index (χ0n) is 20.2. The maximum Gasteiger partial charge on any atom is 0.323 e. The fourth-order valence-electron chi connectivity index (χ4n) is 2.57. The molecule has 160 valence electrons. The summed E-state index contributed by atoms with van der Waals surface area (Å²) in [7, 11) is 0. The Morgan fingerprint density at radius 1 is 1.00 bits per heavy atom. The van der Waals surface area contributed by atoms with Crippen LogP contribution in [0.2, 0.25) is 0 Å². The maximum atomic E-state index is 11.9. The third-order valence-corrected chi connectivity index (χ3v) is 4.18. The Hall–Kier alpha value is -2.11. The largest absolute Gasteiger partial charge is 0.480 e. The van der Waals surface area contributed by atoms with Crippen LogP contribution in [0.15, 0.2) is 24.3 Å². The van der Waals surface area contributed by atoms with Crippen LogP contribution in [0.1, 0.15) is 88.1 Å². The molecule has 6 heteroatoms. The van der Waals surface area contributed by atoms with Gasteiger partial charge in [-0.2, -0.15) is 0 Å². The number of likely N-dealkylation sites (N-methyl/N-ethyl adjacent to an activating group) is 1. The van der Waals surface area contributed by atoms with Crippen molar-refractivity contribution >= 4 is 17.8 Å². The second kappa shape index (κ2) is 18.3. The summed E-state index contributed by atoms with van der Waals surface area (Å²) in [5, 5.41) is 18.6. The Balaban J connectivity index is 3.80. The van der Waals surface area contributed by atoms with Crippen molar-refractivity contribution in [3.8, 4) is 0 Å². The van der Waals surface area contributed by atoms with Gasteiger partial charge in [0.1, 0.15) is 6.54 Å². The topological polar surface area (TPSA) is 93.5 Å². The van der Waals surface area contributed by atoms with Crippen molar-refractivity contribution in [2.75, 3.05) is 13.5 Å². The molecule has 1 amide bonds. The molecule has 0 atom stereocenters. The van der Waals surface area contributed by atoms with Gasteiger partial charge < -0.3 is 10.0 Å². The number of amides is 1. The number of hydrogen-bond acceptors (Lipinski definition) is 3. The van der Waals surface area contributed by atoms with Gasteiger partial charge in [0.05, 0.1) is 0 Å². The number of rotatable bonds is 16. The van der Waals surface area contributed by atoms with Gasteiger partial charge in [-0.15, -0.1) is 0 Å². The minimum atomic E-state index is -2.80. The van der Waals surface area contributed by atoms with Gasteiger partial charge in [-0.05, 0) is 38.5 Å². The maximum absolute atomic E-state index is 11.9. The summed E-state index contributed by atoms with van der Waals surface area (Å²) in [6.45, 7) is -1.47. The summed E-state index contributed by atoms with van der Waals surface area (Å²) < 4.78 is 21.8. The van der Waals surface area contributed by atoms with Gasteiger partial charge in [0.15, 0.2) is 5.96 Å². The number of allylic oxidation sites excluding steroid dienone is 4. The third kappa shape index (κ3) is 17.3. The van der Waals surface area contributed by atoms with Crippen molar-refractivity contribution in [3.05, 3.63) is 24.3 Å². The minimum absolute atomic E-state index is 0.175. The molecule has 3 N–H and O–H groups in total. The van der Waals surface area contributed by atoms with E-state index in [0.29, 0.717) is 11.3 Å². The van der Waals surface area contributed by atoms with Gasteiger partial charge in [-0.25, -0.2) is 0 Å². The Bertz CT molecular complexity index is 590. The first kappa shape index (κ1) is 20.6. The van der Waals surface area contributed by atoms with Crippen LogP contribution in [-0.4, -0.2) is 41.4 Å². The quantitative estimate of drug-likeness (QED) is 0.150. The van der Waals surface area contributed by atoms with Crippen molar-refractivity contribution in [3.63, 3.8) is 0 Å². The van der Waals surface area contributed by atoms with Gasteiger partial charge in [0.2, 0.25) is 5.91 Å². The Kier molecular flexibility index (Phi) is 13.4. The summed E-state index contributed by atoms with van der Waals surface area (Å²) in [5.41, 5.74) is 0. The summed E-state index contributed by atoms with van der Waals surface area (Å²) in [6.07, 6.45) is 20.8. The van der Waals surface area contributed by atoms with Gasteiger partial charge >= 0.3 is 5.97 Å². The fourth-order valence-corrected chi connectivity index (χ4v) is 2.57. The molecule has 0 aliphatic rings. The van der Waals surface area contributed by atoms with Crippen LogP contribution in [0.3, 0.4) is 0 Å². The van der Waals surface area contributed by atoms with Crippen molar-refractivity contribution in [1.82, 2.24) is 10.2 Å². The summed E-state index contributed by atoms with van der Waals surface area (Å²) in [6, 6.07) is 0. The lowest BCUT2D eigenvalue weighted by molar-refractivity contribution is -0.137. The summed E-state index contributed by atoms with van der Waals surface area (Å²) >= 11 is 0. The molecule has 0 aliphatic heterocycles. The number of hydrogen-bond donors (Lipinski definition) is 3. The molecule has 0 aliphatic carbocycles. The lowest BCUT2D eigenvalue weighted by Gasteiger charge is -2.17. The Labute approximate surface area is 174 Å². The normalized spacial score (nSPS) is 13.2. The van der Waals surface area contributed by atoms with Crippen LogP contribution < -0.4 is 5.32 Å². The van der Waals surface area contributed by atoms with E-state index in [1.165, 1.54) is 25.7 Å². The molecule has 0 bridgehead atoms. The van der Waals surface area contributed by atoms with E-state index in [2.05, 4.69) is 36.5 Å². The standard InChI is InChI=1S/C22H39N3O3/c1-3-4-5-6-7-8-9-10-11-12-13-14-15-16-17-18-20(26)24-22(23)25(2)19-21(27)28/h7-8,10-11H,3-6,9,12-19H2,1-2H3,(H,27,28)(H2,23,24,26)/b8-7-,11-10-/i2D3. The monoisotopic (exact) mass is 396 g/mol. The molecule has 0 aromatic heterocycles. The molecule has 6 nitrogen and oxygen atoms in total. The molecule has 0 heterocycles. The summed E-state index contributed by atoms with van der Waals surface area (Å²) in [5.74, 6) is -2.57. The molecule has 0 spiro atoms. The second-order valence-corrected chi connectivity index (χ2v) is 6.86. The number of aliphatic carboxylic acids is 1. The number of guanidine groups is 1. The summed E-state index contributed by atoms with van der Waals surface area (Å²) in [4.78, 5) is 23.0. The molecule has 0 fully saturated rings. The van der Waals surface area contributed by atoms with Crippen LogP contribution in [0.4, 0.5) is 0 Å². The number of carboxylic acid groups (broad SMARTS) is 1. The van der Waals surface area contributed by atoms with E-state index in [-0.39, 0.29) is 6.42 Å². The average molecular weight is 397 g/mol. The molecular weight excluding hydrogens is 354 g/mol. The highest BCUT2D eigenvalue weighted by Gasteiger charge is 2.11. The van der Waals surface area contributed by atoms with Crippen molar-refractivity contribution in [2.24, 2.45) is 0 Å². The number of carbonyl (C=O) groups excluding carboxylic acids is 1. The predicted molar refractivity (Wildman–Crippen MR) is 115 cm³/mol. The average Bonchev–Trinajstić information content (AvgIpc) is 2.68. The number of carboxylic acids is 1. The SMILES string of the molecule is [2H]C([2H])([2H])N(CC(=O)O)C(=N)NC(=O)CCCCCCC/C=C\C/C=C\CCCCC. The molecule has 0 aromatic carbocycles. The van der Waals surface area contributed by atoms with E-state index >= 15 is 0 Å². The lowest BCUT2D eigenvalue weighted by atomic mass is 10.1. The predicted octanol–water partition coefficient (Wildman–Crippen LogP) is 4.87. The van der Waals surface area contributed by atoms with Crippen molar-refractivity contribution in [2.45, 2.75) is 84.0 Å². The van der Waals surface area contributed by atoms with E-state index in [0.717, 1.165) is 38.5 Å². The highest BCUT2D eigenvalue weighted by molar-refractivity contribution is 5.96. The van der Waals surface area contributed by atoms with Crippen molar-refractivity contribution < 1.29 is 18.8 Å². The zero-order valence-corrected chi connectivity index (χ0v) is 17.2. The molecule has 28 heavy (non-hydrogen) atoms. The van der Waals surface area contributed by atoms with Gasteiger partial charge in [-0.3, -0.25) is 20.3 Å². The van der Waals surface area contributed by atoms with E-state index < -0.39 is 31.4 Å². The van der Waals surface area contributed by atoms with Gasteiger partial charge in [0.25, 0.3) is 0 Å². The molecule has 0 aromatic rings. The molecule has 0 saturated heterocycles. The number of unbranched alkanes of at least 4 members (excludes halogenated alkanes) is 8. The Morgan fingerprint density at radius 2 is 1.61 bits per heavy atom. The first-order chi connectivity index (χ1) is 14.7. The second-order valence-electron chi connectivity index (χ2n) is 6.86. The van der Waals surface area contributed by atoms with E-state index in [1.807, 2.05) is 0 Å². The molecule has 0 rings (SSSR count). The first-order valence-corrected chi connectivity index (χ1v) is 10.4. The van der Waals surface area contributed by atoms with Crippen LogP contribution >= 0.6 is 0 Å². The zero-order chi connectivity index (χ0) is 23.5. The molecule has 0 unspecified atom stereocenters. The minimum Gasteiger partial charge on any atom is -0.480 e. The molecular formula is C22H39N3O3. The Morgan fingerprint density at radius 3 is 2.21 bits per heavy atom. The molecule has 0 saturated carbocycles. The van der Waals surface area contributed by atoms with Gasteiger partial charge in [0, 0.05) is 17.5 Å². The number of nitrogens with zero attached hydrogens (tertiary/aromatic N) is 1. The van der Waals surface area contributed by atoms with Crippen molar-refractivity contribution in [1.29, 1.82) is 5.41 Å². The van der Waals surface area contributed by atoms with E-state index in [1.54, 1.807) is 0 Å². The molecule has 0 radical (unpaired) electrons. The first-order valence-electron chi connectivity index (χ1n) is 11.9. The van der Waals surface area contributed by atoms with E-state index in [4.69, 9.17) is 14.6 Å². The van der Waals surface area contributed by atoms with Crippen LogP contribution in [0.25, 0.3) is 0 Å². The number of carbonyl (C=O) groups is 2. The van der Waals surface area contributed by atoms with Gasteiger partial charge in [-0.1, -0.05) is 63.3 Å². The smallest absolute Gasteiger partial charge is 0.323 e. The lowest BCUT2D eigenvalue weighted by Crippen LogP contribution is -2.43. The highest BCUT2D eigenvalue weighted by Crippen LogP contribution is 2.08. The third-order valence-electron chi connectivity index (χ3n) is 4.18. The fraction of sp³-hybridized carbons (Fsp3) is 0.682. The van der Waals surface area contributed by atoms with E-state index in [9.17, 15) is 9.59 Å². The highest BCUT2D eigenvalue weighted by atomic mass is 16.4. The van der Waals surface area contributed by atoms with Crippen LogP contribution in [0.5, 0.6) is 0 Å². The number of nitrogens with one attached hydrogen (secondary N) is 2. The van der Waals surface area contributed by atoms with Crippen LogP contribution in [-0.2, 0) is 9.59 Å².